The zero-order valence-corrected chi connectivity index (χ0v) is 13.0. The molecule has 19 heavy (non-hydrogen) atoms. The van der Waals surface area contributed by atoms with Crippen LogP contribution >= 0.6 is 27.5 Å². The number of aryl methyl sites for hydroxylation is 2. The minimum atomic E-state index is -0.270. The van der Waals surface area contributed by atoms with Crippen molar-refractivity contribution in [2.45, 2.75) is 20.5 Å². The standard InChI is InChI=1S/C15H13BrClFO/c1-9-5-13(6-10(2)15(9)17)19-8-11-3-4-12(18)7-14(11)16/h3-7H,8H2,1-2H3. The molecule has 0 saturated heterocycles. The van der Waals surface area contributed by atoms with Gasteiger partial charge in [0, 0.05) is 15.1 Å². The highest BCUT2D eigenvalue weighted by atomic mass is 79.9. The Morgan fingerprint density at radius 3 is 2.37 bits per heavy atom. The molecule has 0 bridgehead atoms. The highest BCUT2D eigenvalue weighted by Gasteiger charge is 2.06. The Labute approximate surface area is 125 Å². The van der Waals surface area contributed by atoms with Crippen LogP contribution in [0.1, 0.15) is 16.7 Å². The number of hydrogen-bond donors (Lipinski definition) is 0. The van der Waals surface area contributed by atoms with Gasteiger partial charge < -0.3 is 4.74 Å². The summed E-state index contributed by atoms with van der Waals surface area (Å²) in [5.41, 5.74) is 2.86. The Morgan fingerprint density at radius 2 is 1.79 bits per heavy atom. The molecule has 0 aliphatic rings. The first kappa shape index (κ1) is 14.4. The zero-order valence-electron chi connectivity index (χ0n) is 10.6. The van der Waals surface area contributed by atoms with Gasteiger partial charge in [-0.1, -0.05) is 33.6 Å². The predicted octanol–water partition coefficient (Wildman–Crippen LogP) is 5.44. The number of ether oxygens (including phenoxy) is 1. The van der Waals surface area contributed by atoms with E-state index in [2.05, 4.69) is 15.9 Å². The lowest BCUT2D eigenvalue weighted by Gasteiger charge is -2.11. The van der Waals surface area contributed by atoms with E-state index in [1.54, 1.807) is 6.07 Å². The van der Waals surface area contributed by atoms with Crippen LogP contribution in [0.25, 0.3) is 0 Å². The molecule has 0 spiro atoms. The average molecular weight is 344 g/mol. The first-order valence-electron chi connectivity index (χ1n) is 5.81. The van der Waals surface area contributed by atoms with Gasteiger partial charge in [-0.15, -0.1) is 0 Å². The fourth-order valence-electron chi connectivity index (χ4n) is 1.79. The van der Waals surface area contributed by atoms with Gasteiger partial charge in [-0.3, -0.25) is 0 Å². The third kappa shape index (κ3) is 3.48. The van der Waals surface area contributed by atoms with E-state index in [-0.39, 0.29) is 5.82 Å². The molecule has 0 aromatic heterocycles. The van der Waals surface area contributed by atoms with Gasteiger partial charge in [0.25, 0.3) is 0 Å². The molecule has 2 rings (SSSR count). The lowest BCUT2D eigenvalue weighted by Crippen LogP contribution is -1.98. The molecule has 0 atom stereocenters. The second-order valence-corrected chi connectivity index (χ2v) is 5.63. The second kappa shape index (κ2) is 5.93. The van der Waals surface area contributed by atoms with E-state index >= 15 is 0 Å². The van der Waals surface area contributed by atoms with Gasteiger partial charge in [0.15, 0.2) is 0 Å². The van der Waals surface area contributed by atoms with E-state index in [1.807, 2.05) is 26.0 Å². The summed E-state index contributed by atoms with van der Waals surface area (Å²) in [6.07, 6.45) is 0. The largest absolute Gasteiger partial charge is 0.489 e. The van der Waals surface area contributed by atoms with Crippen LogP contribution < -0.4 is 4.74 Å². The molecule has 0 heterocycles. The molecule has 0 aliphatic carbocycles. The minimum Gasteiger partial charge on any atom is -0.489 e. The molecule has 2 aromatic carbocycles. The Kier molecular flexibility index (Phi) is 4.48. The normalized spacial score (nSPS) is 10.6. The van der Waals surface area contributed by atoms with Crippen molar-refractivity contribution in [2.24, 2.45) is 0 Å². The van der Waals surface area contributed by atoms with E-state index in [9.17, 15) is 4.39 Å². The third-order valence-corrected chi connectivity index (χ3v) is 4.15. The van der Waals surface area contributed by atoms with Crippen LogP contribution in [0.4, 0.5) is 4.39 Å². The van der Waals surface area contributed by atoms with Crippen LogP contribution in [0.5, 0.6) is 5.75 Å². The summed E-state index contributed by atoms with van der Waals surface area (Å²) in [6.45, 7) is 4.26. The summed E-state index contributed by atoms with van der Waals surface area (Å²) < 4.78 is 19.4. The lowest BCUT2D eigenvalue weighted by molar-refractivity contribution is 0.305. The van der Waals surface area contributed by atoms with Crippen molar-refractivity contribution in [1.29, 1.82) is 0 Å². The van der Waals surface area contributed by atoms with E-state index in [1.165, 1.54) is 12.1 Å². The molecule has 0 unspecified atom stereocenters. The van der Waals surface area contributed by atoms with E-state index in [0.29, 0.717) is 11.1 Å². The summed E-state index contributed by atoms with van der Waals surface area (Å²) in [7, 11) is 0. The first-order chi connectivity index (χ1) is 8.97. The molecule has 2 aromatic rings. The van der Waals surface area contributed by atoms with Gasteiger partial charge in [0.2, 0.25) is 0 Å². The summed E-state index contributed by atoms with van der Waals surface area (Å²) in [5.74, 6) is 0.490. The van der Waals surface area contributed by atoms with Crippen LogP contribution in [0.2, 0.25) is 5.02 Å². The van der Waals surface area contributed by atoms with Gasteiger partial charge in [-0.25, -0.2) is 4.39 Å². The van der Waals surface area contributed by atoms with Crippen molar-refractivity contribution in [1.82, 2.24) is 0 Å². The zero-order chi connectivity index (χ0) is 14.0. The number of benzene rings is 2. The van der Waals surface area contributed by atoms with Crippen molar-refractivity contribution < 1.29 is 9.13 Å². The van der Waals surface area contributed by atoms with Crippen LogP contribution in [-0.4, -0.2) is 0 Å². The van der Waals surface area contributed by atoms with Gasteiger partial charge in [-0.2, -0.15) is 0 Å². The maximum atomic E-state index is 13.0. The van der Waals surface area contributed by atoms with E-state index in [4.69, 9.17) is 16.3 Å². The van der Waals surface area contributed by atoms with Gasteiger partial charge in [0.1, 0.15) is 18.2 Å². The molecule has 0 amide bonds. The predicted molar refractivity (Wildman–Crippen MR) is 79.4 cm³/mol. The summed E-state index contributed by atoms with van der Waals surface area (Å²) in [4.78, 5) is 0. The molecule has 0 N–H and O–H groups in total. The van der Waals surface area contributed by atoms with E-state index in [0.717, 1.165) is 27.5 Å². The van der Waals surface area contributed by atoms with Crippen molar-refractivity contribution in [3.8, 4) is 5.75 Å². The summed E-state index contributed by atoms with van der Waals surface area (Å²) in [5, 5.41) is 0.760. The number of hydrogen-bond acceptors (Lipinski definition) is 1. The quantitative estimate of drug-likeness (QED) is 0.721. The highest BCUT2D eigenvalue weighted by Crippen LogP contribution is 2.27. The van der Waals surface area contributed by atoms with Crippen LogP contribution in [0.3, 0.4) is 0 Å². The molecule has 100 valence electrons. The Hall–Kier alpha value is -1.06. The van der Waals surface area contributed by atoms with Crippen molar-refractivity contribution in [3.05, 3.63) is 62.3 Å². The minimum absolute atomic E-state index is 0.270. The van der Waals surface area contributed by atoms with E-state index < -0.39 is 0 Å². The molecular weight excluding hydrogens is 331 g/mol. The SMILES string of the molecule is Cc1cc(OCc2ccc(F)cc2Br)cc(C)c1Cl. The number of rotatable bonds is 3. The first-order valence-corrected chi connectivity index (χ1v) is 6.98. The monoisotopic (exact) mass is 342 g/mol. The smallest absolute Gasteiger partial charge is 0.124 e. The molecular formula is C15H13BrClFO. The molecule has 0 radical (unpaired) electrons. The Balaban J connectivity index is 2.14. The maximum absolute atomic E-state index is 13.0. The van der Waals surface area contributed by atoms with Crippen LogP contribution in [0.15, 0.2) is 34.8 Å². The van der Waals surface area contributed by atoms with Crippen LogP contribution in [-0.2, 0) is 6.61 Å². The topological polar surface area (TPSA) is 9.23 Å². The molecule has 0 saturated carbocycles. The van der Waals surface area contributed by atoms with Gasteiger partial charge in [0.05, 0.1) is 0 Å². The van der Waals surface area contributed by atoms with Gasteiger partial charge in [-0.05, 0) is 49.2 Å². The molecule has 0 aliphatic heterocycles. The Bertz CT molecular complexity index is 590. The average Bonchev–Trinajstić information content (AvgIpc) is 2.34. The second-order valence-electron chi connectivity index (χ2n) is 4.40. The lowest BCUT2D eigenvalue weighted by atomic mass is 10.1. The Morgan fingerprint density at radius 1 is 1.16 bits per heavy atom. The maximum Gasteiger partial charge on any atom is 0.124 e. The van der Waals surface area contributed by atoms with Gasteiger partial charge >= 0.3 is 0 Å². The fourth-order valence-corrected chi connectivity index (χ4v) is 2.36. The van der Waals surface area contributed by atoms with Crippen LogP contribution in [0, 0.1) is 19.7 Å². The molecule has 0 fully saturated rings. The van der Waals surface area contributed by atoms with Crippen molar-refractivity contribution >= 4 is 27.5 Å². The summed E-state index contributed by atoms with van der Waals surface area (Å²) in [6, 6.07) is 8.34. The van der Waals surface area contributed by atoms with Crippen molar-refractivity contribution in [2.75, 3.05) is 0 Å². The third-order valence-electron chi connectivity index (χ3n) is 2.82. The number of halogens is 3. The van der Waals surface area contributed by atoms with Crippen molar-refractivity contribution in [3.63, 3.8) is 0 Å². The highest BCUT2D eigenvalue weighted by molar-refractivity contribution is 9.10. The summed E-state index contributed by atoms with van der Waals surface area (Å²) >= 11 is 9.42. The molecule has 4 heteroatoms. The molecule has 1 nitrogen and oxygen atoms in total. The fraction of sp³-hybridized carbons (Fsp3) is 0.200.